The molecule has 0 saturated heterocycles. The van der Waals surface area contributed by atoms with Crippen molar-refractivity contribution in [3.05, 3.63) is 63.4 Å². The van der Waals surface area contributed by atoms with Gasteiger partial charge in [0, 0.05) is 5.56 Å². The number of aliphatic carboxylic acids is 1. The minimum Gasteiger partial charge on any atom is -0.489 e. The van der Waals surface area contributed by atoms with E-state index in [1.807, 2.05) is 0 Å². The zero-order valence-electron chi connectivity index (χ0n) is 13.5. The molecule has 0 bridgehead atoms. The molecule has 2 aromatic carbocycles. The fourth-order valence-electron chi connectivity index (χ4n) is 3.04. The van der Waals surface area contributed by atoms with E-state index in [0.717, 1.165) is 0 Å². The average molecular weight is 397 g/mol. The zero-order chi connectivity index (χ0) is 18.8. The molecule has 1 N–H and O–H groups in total. The van der Waals surface area contributed by atoms with Crippen LogP contribution in [0.3, 0.4) is 0 Å². The molecular formula is C19H15Cl2FO4. The molecule has 1 aliphatic carbocycles. The maximum atomic E-state index is 13.8. The van der Waals surface area contributed by atoms with Gasteiger partial charge >= 0.3 is 5.97 Å². The van der Waals surface area contributed by atoms with E-state index in [1.54, 1.807) is 6.07 Å². The van der Waals surface area contributed by atoms with E-state index in [9.17, 15) is 14.0 Å². The minimum atomic E-state index is -0.842. The summed E-state index contributed by atoms with van der Waals surface area (Å²) in [6, 6.07) is 8.54. The summed E-state index contributed by atoms with van der Waals surface area (Å²) in [6.07, 6.45) is 1.24. The molecule has 136 valence electrons. The van der Waals surface area contributed by atoms with Crippen LogP contribution in [0, 0.1) is 11.7 Å². The van der Waals surface area contributed by atoms with Crippen LogP contribution in [0.1, 0.15) is 35.2 Å². The van der Waals surface area contributed by atoms with Crippen molar-refractivity contribution in [1.82, 2.24) is 0 Å². The summed E-state index contributed by atoms with van der Waals surface area (Å²) in [5.41, 5.74) is -0.0248. The van der Waals surface area contributed by atoms with E-state index < -0.39 is 23.5 Å². The van der Waals surface area contributed by atoms with E-state index in [-0.39, 0.29) is 33.0 Å². The molecule has 0 unspecified atom stereocenters. The number of carboxylic acid groups (broad SMARTS) is 1. The number of hydrogen-bond acceptors (Lipinski definition) is 3. The Morgan fingerprint density at radius 1 is 1.04 bits per heavy atom. The van der Waals surface area contributed by atoms with Gasteiger partial charge in [0.15, 0.2) is 5.78 Å². The number of benzene rings is 2. The fourth-order valence-corrected chi connectivity index (χ4v) is 3.49. The largest absolute Gasteiger partial charge is 0.489 e. The van der Waals surface area contributed by atoms with Gasteiger partial charge in [-0.25, -0.2) is 4.39 Å². The van der Waals surface area contributed by atoms with Gasteiger partial charge in [0.1, 0.15) is 16.6 Å². The van der Waals surface area contributed by atoms with E-state index in [1.165, 1.54) is 30.3 Å². The summed E-state index contributed by atoms with van der Waals surface area (Å²) in [6.45, 7) is 0. The highest BCUT2D eigenvalue weighted by atomic mass is 35.5. The van der Waals surface area contributed by atoms with Gasteiger partial charge in [0.25, 0.3) is 0 Å². The molecule has 0 amide bonds. The van der Waals surface area contributed by atoms with Crippen LogP contribution in [0.4, 0.5) is 4.39 Å². The second-order valence-electron chi connectivity index (χ2n) is 6.14. The van der Waals surface area contributed by atoms with Gasteiger partial charge in [-0.2, -0.15) is 0 Å². The number of carbonyl (C=O) groups excluding carboxylic acids is 1. The highest BCUT2D eigenvalue weighted by molar-refractivity contribution is 6.45. The highest BCUT2D eigenvalue weighted by Gasteiger charge is 2.31. The Labute approximate surface area is 159 Å². The third-order valence-corrected chi connectivity index (χ3v) is 5.30. The van der Waals surface area contributed by atoms with Crippen molar-refractivity contribution >= 4 is 35.0 Å². The Morgan fingerprint density at radius 3 is 2.42 bits per heavy atom. The van der Waals surface area contributed by atoms with Crippen molar-refractivity contribution in [2.75, 3.05) is 0 Å². The van der Waals surface area contributed by atoms with Gasteiger partial charge in [-0.3, -0.25) is 9.59 Å². The first-order chi connectivity index (χ1) is 12.4. The summed E-state index contributed by atoms with van der Waals surface area (Å²) >= 11 is 12.4. The Kier molecular flexibility index (Phi) is 5.49. The average Bonchev–Trinajstić information content (AvgIpc) is 3.08. The summed E-state index contributed by atoms with van der Waals surface area (Å²) in [5, 5.41) is 9.08. The second-order valence-corrected chi connectivity index (χ2v) is 6.89. The van der Waals surface area contributed by atoms with Gasteiger partial charge in [-0.05, 0) is 43.5 Å². The molecule has 26 heavy (non-hydrogen) atoms. The second kappa shape index (κ2) is 7.64. The third kappa shape index (κ3) is 3.69. The quantitative estimate of drug-likeness (QED) is 0.722. The standard InChI is InChI=1S/C19H15Cl2FO4/c20-16-13(18(23)12-3-1-2-4-14(12)22)7-8-15(17(16)21)26-11-6-5-10(9-11)19(24)25/h1-4,7-8,10-11H,5-6,9H2,(H,24,25)/t10-,11-/m0/s1. The summed E-state index contributed by atoms with van der Waals surface area (Å²) < 4.78 is 19.6. The minimum absolute atomic E-state index is 0.0230. The van der Waals surface area contributed by atoms with Gasteiger partial charge in [0.2, 0.25) is 0 Å². The molecule has 0 spiro atoms. The Balaban J connectivity index is 1.82. The first-order valence-electron chi connectivity index (χ1n) is 8.05. The lowest BCUT2D eigenvalue weighted by Crippen LogP contribution is -2.16. The number of ketones is 1. The molecule has 1 aliphatic rings. The molecular weight excluding hydrogens is 382 g/mol. The van der Waals surface area contributed by atoms with Crippen molar-refractivity contribution in [2.45, 2.75) is 25.4 Å². The lowest BCUT2D eigenvalue weighted by molar-refractivity contribution is -0.141. The summed E-state index contributed by atoms with van der Waals surface area (Å²) in [4.78, 5) is 23.6. The van der Waals surface area contributed by atoms with Crippen molar-refractivity contribution in [3.8, 4) is 5.75 Å². The molecule has 3 rings (SSSR count). The van der Waals surface area contributed by atoms with Crippen LogP contribution in [0.15, 0.2) is 36.4 Å². The van der Waals surface area contributed by atoms with E-state index in [4.69, 9.17) is 33.0 Å². The normalized spacial score (nSPS) is 19.3. The van der Waals surface area contributed by atoms with Gasteiger partial charge in [0.05, 0.1) is 22.6 Å². The van der Waals surface area contributed by atoms with E-state index in [0.29, 0.717) is 19.3 Å². The zero-order valence-corrected chi connectivity index (χ0v) is 15.1. The molecule has 1 saturated carbocycles. The number of carbonyl (C=O) groups is 2. The summed E-state index contributed by atoms with van der Waals surface area (Å²) in [5.74, 6) is -2.22. The smallest absolute Gasteiger partial charge is 0.306 e. The maximum absolute atomic E-state index is 13.8. The number of carboxylic acids is 1. The molecule has 0 aliphatic heterocycles. The molecule has 2 atom stereocenters. The highest BCUT2D eigenvalue weighted by Crippen LogP contribution is 2.38. The molecule has 7 heteroatoms. The summed E-state index contributed by atoms with van der Waals surface area (Å²) in [7, 11) is 0. The van der Waals surface area contributed by atoms with Gasteiger partial charge in [-0.1, -0.05) is 35.3 Å². The molecule has 0 heterocycles. The Bertz CT molecular complexity index is 869. The fraction of sp³-hybridized carbons (Fsp3) is 0.263. The number of hydrogen-bond donors (Lipinski definition) is 1. The van der Waals surface area contributed by atoms with Crippen LogP contribution >= 0.6 is 23.2 Å². The maximum Gasteiger partial charge on any atom is 0.306 e. The van der Waals surface area contributed by atoms with Crippen LogP contribution in [0.25, 0.3) is 0 Å². The molecule has 4 nitrogen and oxygen atoms in total. The Morgan fingerprint density at radius 2 is 1.77 bits per heavy atom. The topological polar surface area (TPSA) is 63.6 Å². The predicted octanol–water partition coefficient (Wildman–Crippen LogP) is 5.00. The van der Waals surface area contributed by atoms with Gasteiger partial charge in [-0.15, -0.1) is 0 Å². The van der Waals surface area contributed by atoms with Crippen molar-refractivity contribution in [3.63, 3.8) is 0 Å². The van der Waals surface area contributed by atoms with Crippen LogP contribution in [0.5, 0.6) is 5.75 Å². The van der Waals surface area contributed by atoms with Crippen LogP contribution in [-0.4, -0.2) is 23.0 Å². The Hall–Kier alpha value is -2.11. The van der Waals surface area contributed by atoms with Crippen LogP contribution < -0.4 is 4.74 Å². The van der Waals surface area contributed by atoms with Crippen LogP contribution in [-0.2, 0) is 4.79 Å². The van der Waals surface area contributed by atoms with E-state index >= 15 is 0 Å². The lowest BCUT2D eigenvalue weighted by atomic mass is 10.0. The SMILES string of the molecule is O=C(c1ccccc1F)c1ccc(O[C@H]2CC[C@H](C(=O)O)C2)c(Cl)c1Cl. The molecule has 1 fully saturated rings. The van der Waals surface area contributed by atoms with Crippen LogP contribution in [0.2, 0.25) is 10.0 Å². The van der Waals surface area contributed by atoms with Gasteiger partial charge < -0.3 is 9.84 Å². The number of ether oxygens (including phenoxy) is 1. The third-order valence-electron chi connectivity index (χ3n) is 4.44. The van der Waals surface area contributed by atoms with Crippen molar-refractivity contribution < 1.29 is 23.8 Å². The van der Waals surface area contributed by atoms with Crippen molar-refractivity contribution in [1.29, 1.82) is 0 Å². The first-order valence-corrected chi connectivity index (χ1v) is 8.80. The predicted molar refractivity (Wildman–Crippen MR) is 95.7 cm³/mol. The molecule has 2 aromatic rings. The lowest BCUT2D eigenvalue weighted by Gasteiger charge is -2.16. The monoisotopic (exact) mass is 396 g/mol. The van der Waals surface area contributed by atoms with E-state index in [2.05, 4.69) is 0 Å². The van der Waals surface area contributed by atoms with Crippen molar-refractivity contribution in [2.24, 2.45) is 5.92 Å². The molecule has 0 aromatic heterocycles. The molecule has 0 radical (unpaired) electrons. The number of rotatable bonds is 5. The number of halogens is 3. The first kappa shape index (κ1) is 18.7.